The second kappa shape index (κ2) is 9.04. The molecule has 0 aliphatic heterocycles. The number of aromatic nitrogens is 4. The average molecular weight is 442 g/mol. The number of rotatable bonds is 5. The normalized spacial score (nSPS) is 11.2. The molecular weight excluding hydrogens is 421 g/mol. The van der Waals surface area contributed by atoms with Gasteiger partial charge >= 0.3 is 27.0 Å². The van der Waals surface area contributed by atoms with E-state index in [1.54, 1.807) is 14.2 Å². The first-order valence-corrected chi connectivity index (χ1v) is 15.4. The first-order valence-electron chi connectivity index (χ1n) is 8.00. The molecule has 134 valence electrons. The molecule has 0 saturated heterocycles. The van der Waals surface area contributed by atoms with E-state index in [2.05, 4.69) is 35.8 Å². The van der Waals surface area contributed by atoms with Gasteiger partial charge in [-0.3, -0.25) is 4.98 Å². The van der Waals surface area contributed by atoms with Crippen molar-refractivity contribution in [1.29, 1.82) is 0 Å². The third-order valence-electron chi connectivity index (χ3n) is 3.68. The van der Waals surface area contributed by atoms with Crippen LogP contribution in [0.15, 0.2) is 24.3 Å². The summed E-state index contributed by atoms with van der Waals surface area (Å²) in [6.07, 6.45) is 3.05. The first kappa shape index (κ1) is 21.0. The van der Waals surface area contributed by atoms with Crippen molar-refractivity contribution in [3.8, 4) is 17.1 Å². The van der Waals surface area contributed by atoms with Crippen LogP contribution >= 0.6 is 9.69 Å². The maximum absolute atomic E-state index is 5.37. The van der Waals surface area contributed by atoms with Gasteiger partial charge in [-0.1, -0.05) is 31.8 Å². The molecule has 0 spiro atoms. The van der Waals surface area contributed by atoms with Gasteiger partial charge in [0.1, 0.15) is 18.3 Å². The Kier molecular flexibility index (Phi) is 7.29. The van der Waals surface area contributed by atoms with E-state index in [1.165, 1.54) is 0 Å². The van der Waals surface area contributed by atoms with E-state index < -0.39 is 8.07 Å². The Hall–Kier alpha value is -1.34. The van der Waals surface area contributed by atoms with E-state index in [-0.39, 0.29) is 0 Å². The fourth-order valence-corrected chi connectivity index (χ4v) is 3.27. The van der Waals surface area contributed by atoms with Crippen molar-refractivity contribution in [2.24, 2.45) is 0 Å². The van der Waals surface area contributed by atoms with Crippen molar-refractivity contribution in [2.75, 3.05) is 14.2 Å². The number of methoxy groups -OCH3 is 2. The van der Waals surface area contributed by atoms with Crippen LogP contribution in [-0.4, -0.2) is 41.8 Å². The van der Waals surface area contributed by atoms with Crippen molar-refractivity contribution in [3.63, 3.8) is 0 Å². The Morgan fingerprint density at radius 2 is 1.92 bits per heavy atom. The predicted octanol–water partition coefficient (Wildman–Crippen LogP) is 3.14. The molecule has 6 nitrogen and oxygen atoms in total. The van der Waals surface area contributed by atoms with Gasteiger partial charge < -0.3 is 24.0 Å². The molecule has 3 aromatic rings. The molecule has 1 aromatic carbocycles. The van der Waals surface area contributed by atoms with E-state index >= 15 is 0 Å². The molecule has 2 aromatic heterocycles. The van der Waals surface area contributed by atoms with Crippen LogP contribution in [0.2, 0.25) is 19.6 Å². The van der Waals surface area contributed by atoms with Crippen molar-refractivity contribution in [1.82, 2.24) is 19.5 Å². The Morgan fingerprint density at radius 1 is 1.19 bits per heavy atom. The molecule has 0 saturated carbocycles. The number of nitrogens with zero attached hydrogens (tertiary/aromatic N) is 4. The summed E-state index contributed by atoms with van der Waals surface area (Å²) in [7, 11) is 6.44. The van der Waals surface area contributed by atoms with Gasteiger partial charge in [0.05, 0.1) is 20.8 Å². The van der Waals surface area contributed by atoms with Crippen LogP contribution in [0, 0.1) is 6.20 Å². The van der Waals surface area contributed by atoms with Crippen LogP contribution in [0.3, 0.4) is 0 Å². The number of benzene rings is 1. The van der Waals surface area contributed by atoms with E-state index in [0.29, 0.717) is 12.2 Å². The summed E-state index contributed by atoms with van der Waals surface area (Å²) in [6.45, 7) is 6.99. The minimum atomic E-state index is -1.64. The summed E-state index contributed by atoms with van der Waals surface area (Å²) in [5.41, 5.74) is 3.20. The quantitative estimate of drug-likeness (QED) is 0.449. The van der Waals surface area contributed by atoms with Crippen LogP contribution in [0.5, 0.6) is 5.75 Å². The Balaban J connectivity index is 0.00000117. The molecule has 0 radical (unpaired) electrons. The molecule has 0 N–H and O–H groups in total. The van der Waals surface area contributed by atoms with E-state index in [4.69, 9.17) is 24.1 Å². The monoisotopic (exact) mass is 440 g/mol. The fourth-order valence-electron chi connectivity index (χ4n) is 2.43. The summed E-state index contributed by atoms with van der Waals surface area (Å²) in [6, 6.07) is 7.78. The first-order chi connectivity index (χ1) is 12.4. The second-order valence-corrected chi connectivity index (χ2v) is 11.5. The summed E-state index contributed by atoms with van der Waals surface area (Å²) >= 11 is 0.847. The summed E-state index contributed by atoms with van der Waals surface area (Å²) in [5, 5.41) is 0. The molecule has 0 aliphatic rings. The zero-order valence-electron chi connectivity index (χ0n) is 15.7. The van der Waals surface area contributed by atoms with Crippen molar-refractivity contribution in [3.05, 3.63) is 30.5 Å². The molecule has 26 heavy (non-hydrogen) atoms. The third-order valence-corrected chi connectivity index (χ3v) is 5.24. The second-order valence-electron chi connectivity index (χ2n) is 6.59. The van der Waals surface area contributed by atoms with Gasteiger partial charge in [0, 0.05) is 23.6 Å². The summed E-state index contributed by atoms with van der Waals surface area (Å²) < 4.78 is 12.6. The fraction of sp³-hybridized carbons (Fsp3) is 0.353. The molecule has 0 atom stereocenters. The topological polar surface area (TPSA) is 62.1 Å². The van der Waals surface area contributed by atoms with Crippen LogP contribution in [0.25, 0.3) is 22.6 Å². The number of halogens is 1. The number of fused-ring (bicyclic) bond motifs is 1. The van der Waals surface area contributed by atoms with Gasteiger partial charge in [0.2, 0.25) is 0 Å². The molecular formula is C17H21ClN4O2SiZn. The van der Waals surface area contributed by atoms with Crippen LogP contribution in [0.1, 0.15) is 0 Å². The van der Waals surface area contributed by atoms with Gasteiger partial charge in [-0.2, -0.15) is 0 Å². The number of imidazole rings is 1. The van der Waals surface area contributed by atoms with Gasteiger partial charge in [-0.25, -0.2) is 0 Å². The Bertz CT molecular complexity index is 883. The summed E-state index contributed by atoms with van der Waals surface area (Å²) in [5.74, 6) is 1.55. The third kappa shape index (κ3) is 4.49. The van der Waals surface area contributed by atoms with Crippen LogP contribution in [-0.2, 0) is 28.8 Å². The maximum atomic E-state index is 5.37. The van der Waals surface area contributed by atoms with Crippen LogP contribution < -0.4 is 10.2 Å². The van der Waals surface area contributed by atoms with Gasteiger partial charge in [0.25, 0.3) is 0 Å². The molecule has 3 rings (SSSR count). The molecule has 0 fully saturated rings. The van der Waals surface area contributed by atoms with Crippen LogP contribution in [0.4, 0.5) is 0 Å². The Labute approximate surface area is 168 Å². The molecule has 0 aliphatic carbocycles. The van der Waals surface area contributed by atoms with Crippen molar-refractivity contribution < 1.29 is 26.8 Å². The predicted molar refractivity (Wildman–Crippen MR) is 102 cm³/mol. The molecule has 2 heterocycles. The van der Waals surface area contributed by atoms with Gasteiger partial charge in [-0.15, -0.1) is 0 Å². The van der Waals surface area contributed by atoms with E-state index in [9.17, 15) is 0 Å². The zero-order valence-corrected chi connectivity index (χ0v) is 20.4. The number of ether oxygens (including phenoxy) is 2. The molecule has 0 bridgehead atoms. The molecule has 0 amide bonds. The Morgan fingerprint density at radius 3 is 2.54 bits per heavy atom. The van der Waals surface area contributed by atoms with Crippen molar-refractivity contribution >= 4 is 34.4 Å². The SMILES string of the molecule is COCn1c(-c2cccc(OC)c2)nc2[c-]nc([Si](C)(C)C)nc21.[Cl][Zn+]. The van der Waals surface area contributed by atoms with E-state index in [0.717, 1.165) is 45.5 Å². The average Bonchev–Trinajstić information content (AvgIpc) is 3.01. The molecule has 0 unspecified atom stereocenters. The van der Waals surface area contributed by atoms with Crippen molar-refractivity contribution in [2.45, 2.75) is 26.4 Å². The van der Waals surface area contributed by atoms with Gasteiger partial charge in [0.15, 0.2) is 0 Å². The zero-order chi connectivity index (χ0) is 19.3. The van der Waals surface area contributed by atoms with Gasteiger partial charge in [-0.05, 0) is 18.3 Å². The number of hydrogen-bond acceptors (Lipinski definition) is 5. The minimum absolute atomic E-state index is 0.360. The standard InChI is InChI=1S/C17H21N4O2Si.ClH.Zn/c1-22-11-21-15(12-7-6-8-13(9-12)23-2)19-14-10-18-17(20-16(14)21)24(3,4)5;;/h6-9H,11H2,1-5H3;1H;/q-1;;+2/p-1. The molecule has 9 heteroatoms. The summed E-state index contributed by atoms with van der Waals surface area (Å²) in [4.78, 5) is 13.8. The number of hydrogen-bond donors (Lipinski definition) is 0. The van der Waals surface area contributed by atoms with E-state index in [1.807, 2.05) is 28.8 Å².